The molecule has 21 heavy (non-hydrogen) atoms. The predicted molar refractivity (Wildman–Crippen MR) is 87.8 cm³/mol. The Labute approximate surface area is 127 Å². The average Bonchev–Trinajstić information content (AvgIpc) is 3.02. The second kappa shape index (κ2) is 6.33. The summed E-state index contributed by atoms with van der Waals surface area (Å²) in [5.41, 5.74) is 2.32. The highest BCUT2D eigenvalue weighted by Crippen LogP contribution is 2.31. The van der Waals surface area contributed by atoms with E-state index in [1.165, 1.54) is 31.4 Å². The SMILES string of the molecule is CC(C)C1CCC(Nc2cccc(-n3cccn3)c2)CC1. The molecule has 0 aliphatic heterocycles. The van der Waals surface area contributed by atoms with Gasteiger partial charge >= 0.3 is 0 Å². The number of hydrogen-bond acceptors (Lipinski definition) is 2. The monoisotopic (exact) mass is 283 g/mol. The van der Waals surface area contributed by atoms with Crippen LogP contribution >= 0.6 is 0 Å². The van der Waals surface area contributed by atoms with E-state index in [-0.39, 0.29) is 0 Å². The minimum atomic E-state index is 0.618. The van der Waals surface area contributed by atoms with E-state index in [2.05, 4.69) is 48.5 Å². The molecule has 3 rings (SSSR count). The van der Waals surface area contributed by atoms with Gasteiger partial charge in [-0.1, -0.05) is 19.9 Å². The fraction of sp³-hybridized carbons (Fsp3) is 0.500. The zero-order valence-corrected chi connectivity index (χ0v) is 13.0. The number of rotatable bonds is 4. The lowest BCUT2D eigenvalue weighted by Crippen LogP contribution is -2.27. The molecule has 1 aliphatic rings. The van der Waals surface area contributed by atoms with Crippen molar-refractivity contribution in [1.82, 2.24) is 9.78 Å². The van der Waals surface area contributed by atoms with Crippen molar-refractivity contribution in [2.75, 3.05) is 5.32 Å². The van der Waals surface area contributed by atoms with Crippen molar-refractivity contribution in [1.29, 1.82) is 0 Å². The standard InChI is InChI=1S/C18H25N3/c1-14(2)15-7-9-16(10-8-15)20-17-5-3-6-18(13-17)21-12-4-11-19-21/h3-6,11-16,20H,7-10H2,1-2H3. The number of benzene rings is 1. The van der Waals surface area contributed by atoms with E-state index in [0.29, 0.717) is 6.04 Å². The van der Waals surface area contributed by atoms with Crippen LogP contribution < -0.4 is 5.32 Å². The summed E-state index contributed by atoms with van der Waals surface area (Å²) in [6.45, 7) is 4.71. The zero-order chi connectivity index (χ0) is 14.7. The molecule has 2 aromatic rings. The van der Waals surface area contributed by atoms with Crippen molar-refractivity contribution in [3.8, 4) is 5.69 Å². The van der Waals surface area contributed by atoms with Crippen molar-refractivity contribution >= 4 is 5.69 Å². The molecule has 0 amide bonds. The molecule has 3 nitrogen and oxygen atoms in total. The van der Waals surface area contributed by atoms with Gasteiger partial charge in [-0.3, -0.25) is 0 Å². The Hall–Kier alpha value is -1.77. The first-order chi connectivity index (χ1) is 10.2. The van der Waals surface area contributed by atoms with Crippen LogP contribution in [0.25, 0.3) is 5.69 Å². The summed E-state index contributed by atoms with van der Waals surface area (Å²) in [4.78, 5) is 0. The third kappa shape index (κ3) is 3.46. The maximum Gasteiger partial charge on any atom is 0.0666 e. The van der Waals surface area contributed by atoms with Crippen LogP contribution in [0.3, 0.4) is 0 Å². The van der Waals surface area contributed by atoms with Crippen LogP contribution in [0.15, 0.2) is 42.7 Å². The Balaban J connectivity index is 1.62. The second-order valence-electron chi connectivity index (χ2n) is 6.50. The van der Waals surface area contributed by atoms with Crippen LogP contribution in [0, 0.1) is 11.8 Å². The van der Waals surface area contributed by atoms with Crippen LogP contribution in [-0.2, 0) is 0 Å². The van der Waals surface area contributed by atoms with Crippen molar-refractivity contribution < 1.29 is 0 Å². The normalized spacial score (nSPS) is 22.4. The first-order valence-electron chi connectivity index (χ1n) is 8.09. The van der Waals surface area contributed by atoms with Gasteiger partial charge in [0.1, 0.15) is 0 Å². The van der Waals surface area contributed by atoms with Crippen molar-refractivity contribution in [2.45, 2.75) is 45.6 Å². The van der Waals surface area contributed by atoms with Gasteiger partial charge in [-0.05, 0) is 61.8 Å². The summed E-state index contributed by atoms with van der Waals surface area (Å²) < 4.78 is 1.90. The maximum absolute atomic E-state index is 4.29. The molecule has 0 bridgehead atoms. The molecule has 112 valence electrons. The third-order valence-electron chi connectivity index (χ3n) is 4.70. The van der Waals surface area contributed by atoms with Gasteiger partial charge < -0.3 is 5.32 Å². The van der Waals surface area contributed by atoms with Crippen molar-refractivity contribution in [3.63, 3.8) is 0 Å². The molecule has 0 radical (unpaired) electrons. The van der Waals surface area contributed by atoms with Crippen LogP contribution in [0.4, 0.5) is 5.69 Å². The first-order valence-corrected chi connectivity index (χ1v) is 8.09. The van der Waals surface area contributed by atoms with Gasteiger partial charge in [0.05, 0.1) is 5.69 Å². The van der Waals surface area contributed by atoms with Gasteiger partial charge in [0.25, 0.3) is 0 Å². The predicted octanol–water partition coefficient (Wildman–Crippen LogP) is 4.50. The molecule has 3 heteroatoms. The Morgan fingerprint density at radius 3 is 2.62 bits per heavy atom. The molecule has 1 aromatic heterocycles. The zero-order valence-electron chi connectivity index (χ0n) is 13.0. The van der Waals surface area contributed by atoms with E-state index in [0.717, 1.165) is 17.5 Å². The van der Waals surface area contributed by atoms with E-state index < -0.39 is 0 Å². The highest BCUT2D eigenvalue weighted by molar-refractivity contribution is 5.51. The van der Waals surface area contributed by atoms with E-state index >= 15 is 0 Å². The van der Waals surface area contributed by atoms with Gasteiger partial charge in [0.15, 0.2) is 0 Å². The summed E-state index contributed by atoms with van der Waals surface area (Å²) in [7, 11) is 0. The molecule has 1 saturated carbocycles. The molecular weight excluding hydrogens is 258 g/mol. The largest absolute Gasteiger partial charge is 0.382 e. The van der Waals surface area contributed by atoms with E-state index in [1.54, 1.807) is 0 Å². The fourth-order valence-corrected chi connectivity index (χ4v) is 3.33. The fourth-order valence-electron chi connectivity index (χ4n) is 3.33. The number of hydrogen-bond donors (Lipinski definition) is 1. The lowest BCUT2D eigenvalue weighted by molar-refractivity contribution is 0.267. The molecule has 1 aromatic carbocycles. The molecule has 0 unspecified atom stereocenters. The topological polar surface area (TPSA) is 29.9 Å². The summed E-state index contributed by atoms with van der Waals surface area (Å²) in [6.07, 6.45) is 9.08. The van der Waals surface area contributed by atoms with Crippen LogP contribution in [0.5, 0.6) is 0 Å². The summed E-state index contributed by atoms with van der Waals surface area (Å²) >= 11 is 0. The lowest BCUT2D eigenvalue weighted by atomic mass is 9.79. The summed E-state index contributed by atoms with van der Waals surface area (Å²) in [5, 5.41) is 7.99. The molecule has 1 aliphatic carbocycles. The highest BCUT2D eigenvalue weighted by Gasteiger charge is 2.22. The number of anilines is 1. The van der Waals surface area contributed by atoms with Crippen LogP contribution in [-0.4, -0.2) is 15.8 Å². The van der Waals surface area contributed by atoms with Gasteiger partial charge in [0.2, 0.25) is 0 Å². The highest BCUT2D eigenvalue weighted by atomic mass is 15.3. The van der Waals surface area contributed by atoms with E-state index in [9.17, 15) is 0 Å². The molecule has 1 N–H and O–H groups in total. The van der Waals surface area contributed by atoms with Crippen molar-refractivity contribution in [3.05, 3.63) is 42.7 Å². The Morgan fingerprint density at radius 1 is 1.14 bits per heavy atom. The summed E-state index contributed by atoms with van der Waals surface area (Å²) in [5.74, 6) is 1.74. The lowest BCUT2D eigenvalue weighted by Gasteiger charge is -2.32. The Kier molecular flexibility index (Phi) is 4.28. The smallest absolute Gasteiger partial charge is 0.0666 e. The molecule has 1 heterocycles. The molecular formula is C18H25N3. The number of nitrogens with one attached hydrogen (secondary N) is 1. The number of nitrogens with zero attached hydrogens (tertiary/aromatic N) is 2. The maximum atomic E-state index is 4.29. The summed E-state index contributed by atoms with van der Waals surface area (Å²) in [6, 6.07) is 11.1. The van der Waals surface area contributed by atoms with E-state index in [4.69, 9.17) is 0 Å². The number of aromatic nitrogens is 2. The molecule has 0 saturated heterocycles. The third-order valence-corrected chi connectivity index (χ3v) is 4.70. The Morgan fingerprint density at radius 2 is 1.95 bits per heavy atom. The minimum absolute atomic E-state index is 0.618. The molecule has 1 fully saturated rings. The molecule has 0 atom stereocenters. The Bertz CT molecular complexity index is 552. The quantitative estimate of drug-likeness (QED) is 0.895. The van der Waals surface area contributed by atoms with Crippen LogP contribution in [0.1, 0.15) is 39.5 Å². The second-order valence-corrected chi connectivity index (χ2v) is 6.50. The molecule has 0 spiro atoms. The van der Waals surface area contributed by atoms with Gasteiger partial charge in [-0.15, -0.1) is 0 Å². The first kappa shape index (κ1) is 14.2. The minimum Gasteiger partial charge on any atom is -0.382 e. The van der Waals surface area contributed by atoms with Crippen molar-refractivity contribution in [2.24, 2.45) is 11.8 Å². The van der Waals surface area contributed by atoms with Gasteiger partial charge in [0, 0.05) is 24.1 Å². The van der Waals surface area contributed by atoms with Gasteiger partial charge in [-0.2, -0.15) is 5.10 Å². The average molecular weight is 283 g/mol. The van der Waals surface area contributed by atoms with Gasteiger partial charge in [-0.25, -0.2) is 4.68 Å². The van der Waals surface area contributed by atoms with Crippen LogP contribution in [0.2, 0.25) is 0 Å². The van der Waals surface area contributed by atoms with E-state index in [1.807, 2.05) is 23.1 Å².